The lowest BCUT2D eigenvalue weighted by Gasteiger charge is -2.33. The SMILES string of the molecule is O=S1(=O)N[C@@]2(CN1CC(F)(F)F)[C@@H]1CC[C@H]2Cc2ccc(-c3n[nH]c(-c4ccc(Cl)cc4)n3)cc2C1. The maximum absolute atomic E-state index is 13.1. The Kier molecular flexibility index (Phi) is 5.49. The number of nitrogens with one attached hydrogen (secondary N) is 2. The van der Waals surface area contributed by atoms with E-state index >= 15 is 0 Å². The predicted molar refractivity (Wildman–Crippen MR) is 128 cm³/mol. The van der Waals surface area contributed by atoms with Gasteiger partial charge in [0.1, 0.15) is 6.54 Å². The van der Waals surface area contributed by atoms with Crippen molar-refractivity contribution in [3.05, 3.63) is 58.6 Å². The molecular weight excluding hydrogens is 515 g/mol. The minimum absolute atomic E-state index is 0.0670. The fourth-order valence-electron chi connectivity index (χ4n) is 6.11. The Hall–Kier alpha value is -2.47. The van der Waals surface area contributed by atoms with Crippen LogP contribution in [0.4, 0.5) is 13.2 Å². The highest BCUT2D eigenvalue weighted by Crippen LogP contribution is 2.50. The molecule has 1 saturated heterocycles. The summed E-state index contributed by atoms with van der Waals surface area (Å²) in [5.74, 6) is 0.982. The van der Waals surface area contributed by atoms with Gasteiger partial charge in [0.25, 0.3) is 10.2 Å². The van der Waals surface area contributed by atoms with Gasteiger partial charge in [0.2, 0.25) is 0 Å². The number of fused-ring (bicyclic) bond motifs is 1. The Morgan fingerprint density at radius 1 is 1.03 bits per heavy atom. The Morgan fingerprint density at radius 2 is 1.69 bits per heavy atom. The minimum atomic E-state index is -4.59. The molecule has 2 aromatic carbocycles. The minimum Gasteiger partial charge on any atom is -0.259 e. The number of halogens is 4. The molecule has 36 heavy (non-hydrogen) atoms. The monoisotopic (exact) mass is 537 g/mol. The van der Waals surface area contributed by atoms with Crippen molar-refractivity contribution in [3.63, 3.8) is 0 Å². The maximum Gasteiger partial charge on any atom is 0.402 e. The quantitative estimate of drug-likeness (QED) is 0.519. The van der Waals surface area contributed by atoms with E-state index in [0.29, 0.717) is 33.8 Å². The van der Waals surface area contributed by atoms with Crippen molar-refractivity contribution in [2.75, 3.05) is 13.1 Å². The number of hydrogen-bond donors (Lipinski definition) is 2. The summed E-state index contributed by atoms with van der Waals surface area (Å²) in [5, 5.41) is 7.95. The molecule has 2 bridgehead atoms. The second kappa shape index (κ2) is 8.27. The van der Waals surface area contributed by atoms with Gasteiger partial charge < -0.3 is 0 Å². The highest BCUT2D eigenvalue weighted by molar-refractivity contribution is 7.87. The standard InChI is InChI=1S/C24H23ClF3N5O2S/c25-20-7-3-14(4-8-20)21-29-22(31-30-21)16-2-1-15-10-18-5-6-19(11-17(15)9-16)23(18)12-33(13-24(26,27)28)36(34,35)32-23/h1-4,7-9,18-19,32H,5-6,10-13H2,(H,29,30,31)/t18-,19+,23+/m0/s1. The third kappa shape index (κ3) is 4.11. The van der Waals surface area contributed by atoms with E-state index in [2.05, 4.69) is 19.9 Å². The lowest BCUT2D eigenvalue weighted by Crippen LogP contribution is -2.52. The molecule has 1 saturated carbocycles. The molecule has 1 aliphatic heterocycles. The molecule has 2 aliphatic carbocycles. The lowest BCUT2D eigenvalue weighted by molar-refractivity contribution is -0.136. The molecule has 12 heteroatoms. The van der Waals surface area contributed by atoms with Crippen LogP contribution in [0.15, 0.2) is 42.5 Å². The first-order valence-corrected chi connectivity index (χ1v) is 13.5. The van der Waals surface area contributed by atoms with Crippen LogP contribution in [0.25, 0.3) is 22.8 Å². The van der Waals surface area contributed by atoms with E-state index in [-0.39, 0.29) is 18.4 Å². The Balaban J connectivity index is 1.29. The van der Waals surface area contributed by atoms with Crippen LogP contribution in [0.5, 0.6) is 0 Å². The lowest BCUT2D eigenvalue weighted by atomic mass is 9.79. The van der Waals surface area contributed by atoms with Crippen LogP contribution < -0.4 is 4.72 Å². The van der Waals surface area contributed by atoms with Gasteiger partial charge in [-0.05, 0) is 79.0 Å². The molecule has 1 spiro atoms. The average Bonchev–Trinajstić information content (AvgIpc) is 3.43. The molecule has 0 amide bonds. The van der Waals surface area contributed by atoms with E-state index in [1.165, 1.54) is 0 Å². The fourth-order valence-corrected chi connectivity index (χ4v) is 7.94. The molecule has 2 heterocycles. The average molecular weight is 538 g/mol. The number of alkyl halides is 3. The van der Waals surface area contributed by atoms with E-state index < -0.39 is 28.5 Å². The molecule has 3 aliphatic rings. The summed E-state index contributed by atoms with van der Waals surface area (Å²) in [6.07, 6.45) is -1.87. The van der Waals surface area contributed by atoms with Crippen LogP contribution >= 0.6 is 11.6 Å². The van der Waals surface area contributed by atoms with E-state index in [9.17, 15) is 21.6 Å². The van der Waals surface area contributed by atoms with Crippen molar-refractivity contribution in [2.45, 2.75) is 37.4 Å². The summed E-state index contributed by atoms with van der Waals surface area (Å²) < 4.78 is 67.9. The summed E-state index contributed by atoms with van der Waals surface area (Å²) in [7, 11) is -4.20. The van der Waals surface area contributed by atoms with Crippen molar-refractivity contribution < 1.29 is 21.6 Å². The maximum atomic E-state index is 13.1. The third-order valence-corrected chi connectivity index (χ3v) is 9.60. The van der Waals surface area contributed by atoms with Crippen molar-refractivity contribution in [3.8, 4) is 22.8 Å². The Labute approximate surface area is 211 Å². The van der Waals surface area contributed by atoms with Crippen LogP contribution in [-0.2, 0) is 23.1 Å². The molecule has 2 fully saturated rings. The summed E-state index contributed by atoms with van der Waals surface area (Å²) >= 11 is 5.97. The summed E-state index contributed by atoms with van der Waals surface area (Å²) in [6, 6.07) is 13.2. The molecule has 3 aromatic rings. The van der Waals surface area contributed by atoms with Crippen molar-refractivity contribution in [2.24, 2.45) is 11.8 Å². The van der Waals surface area contributed by atoms with Crippen molar-refractivity contribution >= 4 is 21.8 Å². The number of H-pyrrole nitrogens is 1. The molecule has 3 atom stereocenters. The molecule has 6 rings (SSSR count). The molecule has 7 nitrogen and oxygen atoms in total. The fraction of sp³-hybridized carbons (Fsp3) is 0.417. The first-order valence-electron chi connectivity index (χ1n) is 11.7. The molecule has 0 radical (unpaired) electrons. The number of hydrogen-bond acceptors (Lipinski definition) is 4. The highest BCUT2D eigenvalue weighted by Gasteiger charge is 2.60. The second-order valence-electron chi connectivity index (χ2n) is 9.91. The number of aromatic nitrogens is 3. The van der Waals surface area contributed by atoms with Gasteiger partial charge in [0.15, 0.2) is 11.6 Å². The number of rotatable bonds is 3. The summed E-state index contributed by atoms with van der Waals surface area (Å²) in [5.41, 5.74) is 2.93. The van der Waals surface area contributed by atoms with Crippen LogP contribution in [0.1, 0.15) is 24.0 Å². The summed E-state index contributed by atoms with van der Waals surface area (Å²) in [6.45, 7) is -1.63. The number of nitrogens with zero attached hydrogens (tertiary/aromatic N) is 3. The highest BCUT2D eigenvalue weighted by atomic mass is 35.5. The number of aromatic amines is 1. The smallest absolute Gasteiger partial charge is 0.259 e. The van der Waals surface area contributed by atoms with E-state index in [4.69, 9.17) is 11.6 Å². The van der Waals surface area contributed by atoms with Gasteiger partial charge in [0.05, 0.1) is 5.54 Å². The largest absolute Gasteiger partial charge is 0.402 e. The molecular formula is C24H23ClF3N5O2S. The summed E-state index contributed by atoms with van der Waals surface area (Å²) in [4.78, 5) is 4.62. The van der Waals surface area contributed by atoms with Gasteiger partial charge in [-0.25, -0.2) is 4.98 Å². The van der Waals surface area contributed by atoms with Gasteiger partial charge >= 0.3 is 6.18 Å². The normalized spacial score (nSPS) is 27.3. The van der Waals surface area contributed by atoms with Crippen molar-refractivity contribution in [1.82, 2.24) is 24.2 Å². The third-order valence-electron chi connectivity index (χ3n) is 7.77. The Morgan fingerprint density at radius 3 is 2.39 bits per heavy atom. The van der Waals surface area contributed by atoms with Gasteiger partial charge in [-0.15, -0.1) is 0 Å². The van der Waals surface area contributed by atoms with Crippen LogP contribution in [-0.4, -0.2) is 52.7 Å². The Bertz CT molecular complexity index is 1430. The van der Waals surface area contributed by atoms with Crippen LogP contribution in [0.3, 0.4) is 0 Å². The van der Waals surface area contributed by atoms with Crippen LogP contribution in [0.2, 0.25) is 5.02 Å². The zero-order valence-electron chi connectivity index (χ0n) is 19.0. The second-order valence-corrected chi connectivity index (χ2v) is 12.0. The van der Waals surface area contributed by atoms with E-state index in [1.807, 2.05) is 30.3 Å². The van der Waals surface area contributed by atoms with Crippen molar-refractivity contribution in [1.29, 1.82) is 0 Å². The zero-order chi connectivity index (χ0) is 25.3. The van der Waals surface area contributed by atoms with E-state index in [1.54, 1.807) is 12.1 Å². The number of benzene rings is 2. The van der Waals surface area contributed by atoms with Gasteiger partial charge in [-0.3, -0.25) is 5.10 Å². The first-order chi connectivity index (χ1) is 17.0. The predicted octanol–water partition coefficient (Wildman–Crippen LogP) is 4.37. The molecule has 190 valence electrons. The molecule has 0 unspecified atom stereocenters. The van der Waals surface area contributed by atoms with Gasteiger partial charge in [0, 0.05) is 22.7 Å². The molecule has 1 aromatic heterocycles. The molecule has 2 N–H and O–H groups in total. The van der Waals surface area contributed by atoms with Gasteiger partial charge in [-0.2, -0.15) is 35.7 Å². The van der Waals surface area contributed by atoms with Gasteiger partial charge in [-0.1, -0.05) is 23.7 Å². The first kappa shape index (κ1) is 23.9. The zero-order valence-corrected chi connectivity index (χ0v) is 20.6. The van der Waals surface area contributed by atoms with Crippen LogP contribution in [0, 0.1) is 11.8 Å². The topological polar surface area (TPSA) is 91.0 Å². The van der Waals surface area contributed by atoms with E-state index in [0.717, 1.165) is 35.1 Å².